The molecule has 0 bridgehead atoms. The Morgan fingerprint density at radius 1 is 1.26 bits per heavy atom. The van der Waals surface area contributed by atoms with Gasteiger partial charge in [-0.25, -0.2) is 4.98 Å². The third-order valence-electron chi connectivity index (χ3n) is 4.88. The van der Waals surface area contributed by atoms with Crippen LogP contribution < -0.4 is 5.56 Å². The molecule has 136 valence electrons. The van der Waals surface area contributed by atoms with E-state index in [0.29, 0.717) is 10.9 Å². The molecule has 0 atom stereocenters. The highest BCUT2D eigenvalue weighted by molar-refractivity contribution is 7.98. The molecule has 7 heteroatoms. The van der Waals surface area contributed by atoms with Crippen molar-refractivity contribution in [3.8, 4) is 11.3 Å². The van der Waals surface area contributed by atoms with E-state index in [4.69, 9.17) is 9.51 Å². The minimum absolute atomic E-state index is 0.0597. The monoisotopic (exact) mass is 395 g/mol. The van der Waals surface area contributed by atoms with Crippen LogP contribution in [0.2, 0.25) is 0 Å². The summed E-state index contributed by atoms with van der Waals surface area (Å²) in [6, 6.07) is 11.9. The van der Waals surface area contributed by atoms with Gasteiger partial charge < -0.3 is 4.52 Å². The first-order chi connectivity index (χ1) is 13.2. The van der Waals surface area contributed by atoms with Crippen LogP contribution in [0, 0.1) is 0 Å². The first-order valence-electron chi connectivity index (χ1n) is 8.86. The van der Waals surface area contributed by atoms with Crippen molar-refractivity contribution in [2.45, 2.75) is 30.2 Å². The van der Waals surface area contributed by atoms with Crippen LogP contribution in [-0.2, 0) is 25.6 Å². The number of nitrogens with zero attached hydrogens (tertiary/aromatic N) is 3. The van der Waals surface area contributed by atoms with E-state index in [9.17, 15) is 4.79 Å². The van der Waals surface area contributed by atoms with E-state index >= 15 is 0 Å². The second-order valence-corrected chi connectivity index (χ2v) is 8.66. The summed E-state index contributed by atoms with van der Waals surface area (Å²) < 4.78 is 7.12. The molecule has 1 aromatic carbocycles. The molecule has 0 saturated carbocycles. The molecule has 1 aliphatic carbocycles. The van der Waals surface area contributed by atoms with Gasteiger partial charge in [-0.05, 0) is 24.8 Å². The Labute approximate surface area is 164 Å². The smallest absolute Gasteiger partial charge is 0.262 e. The lowest BCUT2D eigenvalue weighted by atomic mass is 10.1. The van der Waals surface area contributed by atoms with Gasteiger partial charge in [-0.1, -0.05) is 47.3 Å². The van der Waals surface area contributed by atoms with Crippen LogP contribution >= 0.6 is 23.1 Å². The summed E-state index contributed by atoms with van der Waals surface area (Å²) in [5.41, 5.74) is 3.13. The van der Waals surface area contributed by atoms with E-state index in [1.165, 1.54) is 22.2 Å². The van der Waals surface area contributed by atoms with E-state index in [2.05, 4.69) is 5.16 Å². The maximum absolute atomic E-state index is 12.9. The molecule has 27 heavy (non-hydrogen) atoms. The van der Waals surface area contributed by atoms with Crippen LogP contribution in [0.15, 0.2) is 50.9 Å². The minimum atomic E-state index is 0.0597. The quantitative estimate of drug-likeness (QED) is 0.378. The van der Waals surface area contributed by atoms with E-state index in [0.717, 1.165) is 46.5 Å². The highest BCUT2D eigenvalue weighted by atomic mass is 32.2. The Hall–Kier alpha value is -2.38. The summed E-state index contributed by atoms with van der Waals surface area (Å²) in [7, 11) is 1.80. The molecule has 0 radical (unpaired) electrons. The molecule has 0 aliphatic heterocycles. The van der Waals surface area contributed by atoms with Crippen molar-refractivity contribution in [1.29, 1.82) is 0 Å². The third-order valence-corrected chi connectivity index (χ3v) is 7.12. The lowest BCUT2D eigenvalue weighted by molar-refractivity contribution is 0.397. The number of fused-ring (bicyclic) bond motifs is 3. The molecule has 0 amide bonds. The standard InChI is InChI=1S/C20H17N3O2S2/c1-23-19(24)17-14-8-5-9-16(14)27-18(17)21-20(23)26-11-13-10-15(22-25-13)12-6-3-2-4-7-12/h2-4,6-7,10H,5,8-9,11H2,1H3. The van der Waals surface area contributed by atoms with Crippen molar-refractivity contribution in [3.63, 3.8) is 0 Å². The third kappa shape index (κ3) is 2.91. The fourth-order valence-corrected chi connectivity index (χ4v) is 5.65. The van der Waals surface area contributed by atoms with Crippen molar-refractivity contribution < 1.29 is 4.52 Å². The van der Waals surface area contributed by atoms with Gasteiger partial charge in [0.1, 0.15) is 16.3 Å². The minimum Gasteiger partial charge on any atom is -0.360 e. The fraction of sp³-hybridized carbons (Fsp3) is 0.250. The van der Waals surface area contributed by atoms with Crippen molar-refractivity contribution in [2.24, 2.45) is 7.05 Å². The number of benzene rings is 1. The zero-order valence-corrected chi connectivity index (χ0v) is 16.4. The second-order valence-electron chi connectivity index (χ2n) is 6.63. The van der Waals surface area contributed by atoms with Gasteiger partial charge >= 0.3 is 0 Å². The van der Waals surface area contributed by atoms with Gasteiger partial charge in [-0.15, -0.1) is 11.3 Å². The molecule has 3 heterocycles. The van der Waals surface area contributed by atoms with Gasteiger partial charge in [0.25, 0.3) is 5.56 Å². The average Bonchev–Trinajstić information content (AvgIpc) is 3.40. The normalized spacial score (nSPS) is 13.4. The number of rotatable bonds is 4. The maximum Gasteiger partial charge on any atom is 0.262 e. The molecule has 0 saturated heterocycles. The van der Waals surface area contributed by atoms with Crippen molar-refractivity contribution in [3.05, 3.63) is 63.0 Å². The zero-order valence-electron chi connectivity index (χ0n) is 14.8. The van der Waals surface area contributed by atoms with Gasteiger partial charge in [-0.3, -0.25) is 9.36 Å². The molecule has 4 aromatic rings. The average molecular weight is 396 g/mol. The highest BCUT2D eigenvalue weighted by Gasteiger charge is 2.22. The van der Waals surface area contributed by atoms with Crippen LogP contribution in [0.5, 0.6) is 0 Å². The predicted molar refractivity (Wildman–Crippen MR) is 108 cm³/mol. The zero-order chi connectivity index (χ0) is 18.4. The number of hydrogen-bond donors (Lipinski definition) is 0. The maximum atomic E-state index is 12.9. The van der Waals surface area contributed by atoms with Gasteiger partial charge in [0.15, 0.2) is 5.16 Å². The lowest BCUT2D eigenvalue weighted by Crippen LogP contribution is -2.20. The lowest BCUT2D eigenvalue weighted by Gasteiger charge is -2.06. The molecule has 0 fully saturated rings. The van der Waals surface area contributed by atoms with E-state index in [1.807, 2.05) is 36.4 Å². The molecule has 0 unspecified atom stereocenters. The van der Waals surface area contributed by atoms with E-state index < -0.39 is 0 Å². The fourth-order valence-electron chi connectivity index (χ4n) is 3.50. The first-order valence-corrected chi connectivity index (χ1v) is 10.7. The molecular formula is C20H17N3O2S2. The van der Waals surface area contributed by atoms with Crippen LogP contribution in [0.1, 0.15) is 22.6 Å². The van der Waals surface area contributed by atoms with Crippen LogP contribution in [0.3, 0.4) is 0 Å². The molecule has 0 spiro atoms. The Bertz CT molecular complexity index is 1190. The van der Waals surface area contributed by atoms with E-state index in [1.54, 1.807) is 23.0 Å². The summed E-state index contributed by atoms with van der Waals surface area (Å²) in [6.45, 7) is 0. The molecule has 1 aliphatic rings. The van der Waals surface area contributed by atoms with Gasteiger partial charge in [-0.2, -0.15) is 0 Å². The number of thioether (sulfide) groups is 1. The van der Waals surface area contributed by atoms with Crippen LogP contribution in [0.25, 0.3) is 21.5 Å². The molecular weight excluding hydrogens is 378 g/mol. The summed E-state index contributed by atoms with van der Waals surface area (Å²) >= 11 is 3.18. The number of aryl methyl sites for hydroxylation is 2. The summed E-state index contributed by atoms with van der Waals surface area (Å²) in [5.74, 6) is 1.35. The molecule has 3 aromatic heterocycles. The van der Waals surface area contributed by atoms with Crippen LogP contribution in [0.4, 0.5) is 0 Å². The van der Waals surface area contributed by atoms with Crippen LogP contribution in [-0.4, -0.2) is 14.7 Å². The van der Waals surface area contributed by atoms with Gasteiger partial charge in [0.2, 0.25) is 0 Å². The van der Waals surface area contributed by atoms with Crippen molar-refractivity contribution in [1.82, 2.24) is 14.7 Å². The SMILES string of the molecule is Cn1c(SCc2cc(-c3ccccc3)no2)nc2sc3c(c2c1=O)CCC3. The summed E-state index contributed by atoms with van der Waals surface area (Å²) in [5, 5.41) is 5.68. The van der Waals surface area contributed by atoms with Crippen molar-refractivity contribution >= 4 is 33.3 Å². The summed E-state index contributed by atoms with van der Waals surface area (Å²) in [4.78, 5) is 19.8. The Morgan fingerprint density at radius 3 is 2.96 bits per heavy atom. The largest absolute Gasteiger partial charge is 0.360 e. The first kappa shape index (κ1) is 16.8. The Balaban J connectivity index is 1.42. The van der Waals surface area contributed by atoms with Gasteiger partial charge in [0.05, 0.1) is 11.1 Å². The van der Waals surface area contributed by atoms with E-state index in [-0.39, 0.29) is 5.56 Å². The molecule has 5 rings (SSSR count). The van der Waals surface area contributed by atoms with Gasteiger partial charge in [0, 0.05) is 23.6 Å². The molecule has 5 nitrogen and oxygen atoms in total. The highest BCUT2D eigenvalue weighted by Crippen LogP contribution is 2.35. The molecule has 0 N–H and O–H groups in total. The summed E-state index contributed by atoms with van der Waals surface area (Å²) in [6.07, 6.45) is 3.22. The second kappa shape index (κ2) is 6.65. The number of aromatic nitrogens is 3. The van der Waals surface area contributed by atoms with Crippen molar-refractivity contribution in [2.75, 3.05) is 0 Å². The number of thiophene rings is 1. The number of hydrogen-bond acceptors (Lipinski definition) is 6. The Morgan fingerprint density at radius 2 is 2.11 bits per heavy atom. The Kier molecular flexibility index (Phi) is 4.13. The topological polar surface area (TPSA) is 60.9 Å². The predicted octanol–water partition coefficient (Wildman–Crippen LogP) is 4.43.